The van der Waals surface area contributed by atoms with Crippen LogP contribution >= 0.6 is 0 Å². The summed E-state index contributed by atoms with van der Waals surface area (Å²) in [6.45, 7) is 9.13. The number of rotatable bonds is 6. The van der Waals surface area contributed by atoms with Crippen molar-refractivity contribution in [2.75, 3.05) is 13.2 Å². The van der Waals surface area contributed by atoms with Crippen LogP contribution in [0.1, 0.15) is 27.8 Å². The van der Waals surface area contributed by atoms with Crippen LogP contribution in [0.5, 0.6) is 0 Å². The van der Waals surface area contributed by atoms with Crippen LogP contribution in [0.4, 0.5) is 0 Å². The summed E-state index contributed by atoms with van der Waals surface area (Å²) < 4.78 is 0. The molecule has 2 rings (SSSR count). The van der Waals surface area contributed by atoms with Crippen LogP contribution in [0, 0.1) is 20.8 Å². The van der Waals surface area contributed by atoms with Crippen molar-refractivity contribution >= 4 is 0 Å². The Labute approximate surface area is 128 Å². The predicted molar refractivity (Wildman–Crippen MR) is 88.3 cm³/mol. The highest BCUT2D eigenvalue weighted by Gasteiger charge is 2.10. The molecule has 2 aromatic rings. The maximum absolute atomic E-state index is 9.33. The molecule has 0 aromatic heterocycles. The van der Waals surface area contributed by atoms with E-state index < -0.39 is 0 Å². The van der Waals surface area contributed by atoms with E-state index in [-0.39, 0.29) is 6.61 Å². The van der Waals surface area contributed by atoms with E-state index in [1.807, 2.05) is 6.07 Å². The van der Waals surface area contributed by atoms with Crippen molar-refractivity contribution in [3.05, 3.63) is 70.3 Å². The Balaban J connectivity index is 2.17. The van der Waals surface area contributed by atoms with Gasteiger partial charge in [-0.25, -0.2) is 0 Å². The molecular formula is C19H25NO. The van der Waals surface area contributed by atoms with E-state index in [4.69, 9.17) is 0 Å². The molecule has 0 radical (unpaired) electrons. The summed E-state index contributed by atoms with van der Waals surface area (Å²) in [6.07, 6.45) is 0. The quantitative estimate of drug-likeness (QED) is 0.875. The molecule has 112 valence electrons. The van der Waals surface area contributed by atoms with Crippen molar-refractivity contribution in [3.8, 4) is 0 Å². The Morgan fingerprint density at radius 3 is 2.10 bits per heavy atom. The number of nitrogens with zero attached hydrogens (tertiary/aromatic N) is 1. The average molecular weight is 283 g/mol. The zero-order chi connectivity index (χ0) is 15.2. The summed E-state index contributed by atoms with van der Waals surface area (Å²) >= 11 is 0. The molecular weight excluding hydrogens is 258 g/mol. The van der Waals surface area contributed by atoms with E-state index in [2.05, 4.69) is 62.1 Å². The fourth-order valence-electron chi connectivity index (χ4n) is 2.88. The van der Waals surface area contributed by atoms with Crippen LogP contribution < -0.4 is 0 Å². The Morgan fingerprint density at radius 2 is 1.52 bits per heavy atom. The monoisotopic (exact) mass is 283 g/mol. The number of hydrogen-bond donors (Lipinski definition) is 1. The first-order valence-corrected chi connectivity index (χ1v) is 7.54. The van der Waals surface area contributed by atoms with Crippen LogP contribution in [-0.4, -0.2) is 23.2 Å². The van der Waals surface area contributed by atoms with Crippen molar-refractivity contribution < 1.29 is 5.11 Å². The van der Waals surface area contributed by atoms with Crippen LogP contribution in [0.25, 0.3) is 0 Å². The van der Waals surface area contributed by atoms with E-state index in [9.17, 15) is 5.11 Å². The lowest BCUT2D eigenvalue weighted by Gasteiger charge is -2.24. The minimum absolute atomic E-state index is 0.191. The van der Waals surface area contributed by atoms with Gasteiger partial charge in [-0.1, -0.05) is 48.0 Å². The number of aryl methyl sites for hydroxylation is 3. The van der Waals surface area contributed by atoms with Crippen molar-refractivity contribution in [2.45, 2.75) is 33.9 Å². The molecule has 0 heterocycles. The maximum atomic E-state index is 9.33. The minimum atomic E-state index is 0.191. The molecule has 2 nitrogen and oxygen atoms in total. The van der Waals surface area contributed by atoms with Gasteiger partial charge in [0.2, 0.25) is 0 Å². The SMILES string of the molecule is Cc1cc(C)c(CN(CCO)Cc2ccccc2)c(C)c1. The van der Waals surface area contributed by atoms with Gasteiger partial charge in [-0.2, -0.15) is 0 Å². The zero-order valence-electron chi connectivity index (χ0n) is 13.3. The molecule has 21 heavy (non-hydrogen) atoms. The van der Waals surface area contributed by atoms with Crippen LogP contribution in [-0.2, 0) is 13.1 Å². The van der Waals surface area contributed by atoms with Gasteiger partial charge in [-0.05, 0) is 43.0 Å². The van der Waals surface area contributed by atoms with Crippen LogP contribution in [0.3, 0.4) is 0 Å². The molecule has 0 bridgehead atoms. The first-order chi connectivity index (χ1) is 10.1. The molecule has 2 heteroatoms. The Hall–Kier alpha value is -1.64. The molecule has 0 spiro atoms. The van der Waals surface area contributed by atoms with E-state index in [0.717, 1.165) is 13.1 Å². The van der Waals surface area contributed by atoms with Gasteiger partial charge in [0.1, 0.15) is 0 Å². The molecule has 0 saturated heterocycles. The lowest BCUT2D eigenvalue weighted by atomic mass is 9.99. The minimum Gasteiger partial charge on any atom is -0.395 e. The van der Waals surface area contributed by atoms with Crippen molar-refractivity contribution in [3.63, 3.8) is 0 Å². The predicted octanol–water partition coefficient (Wildman–Crippen LogP) is 3.61. The number of benzene rings is 2. The molecule has 0 saturated carbocycles. The van der Waals surface area contributed by atoms with Gasteiger partial charge in [0.25, 0.3) is 0 Å². The fraction of sp³-hybridized carbons (Fsp3) is 0.368. The van der Waals surface area contributed by atoms with E-state index in [0.29, 0.717) is 6.54 Å². The largest absolute Gasteiger partial charge is 0.395 e. The molecule has 0 aliphatic rings. The second-order valence-electron chi connectivity index (χ2n) is 5.80. The van der Waals surface area contributed by atoms with E-state index >= 15 is 0 Å². The second-order valence-corrected chi connectivity index (χ2v) is 5.80. The van der Waals surface area contributed by atoms with Crippen LogP contribution in [0.15, 0.2) is 42.5 Å². The normalized spacial score (nSPS) is 11.1. The first-order valence-electron chi connectivity index (χ1n) is 7.54. The first kappa shape index (κ1) is 15.7. The van der Waals surface area contributed by atoms with Gasteiger partial charge in [0, 0.05) is 19.6 Å². The fourth-order valence-corrected chi connectivity index (χ4v) is 2.88. The van der Waals surface area contributed by atoms with Crippen LogP contribution in [0.2, 0.25) is 0 Å². The third kappa shape index (κ3) is 4.42. The lowest BCUT2D eigenvalue weighted by molar-refractivity contribution is 0.184. The third-order valence-corrected chi connectivity index (χ3v) is 3.89. The zero-order valence-corrected chi connectivity index (χ0v) is 13.3. The molecule has 1 N–H and O–H groups in total. The molecule has 0 aliphatic carbocycles. The summed E-state index contributed by atoms with van der Waals surface area (Å²) in [7, 11) is 0. The summed E-state index contributed by atoms with van der Waals surface area (Å²) in [4.78, 5) is 2.31. The van der Waals surface area contributed by atoms with Gasteiger partial charge < -0.3 is 5.11 Å². The average Bonchev–Trinajstić information content (AvgIpc) is 2.44. The lowest BCUT2D eigenvalue weighted by Crippen LogP contribution is -2.26. The Kier molecular flexibility index (Phi) is 5.54. The standard InChI is InChI=1S/C19H25NO/c1-15-11-16(2)19(17(3)12-15)14-20(9-10-21)13-18-7-5-4-6-8-18/h4-8,11-12,21H,9-10,13-14H2,1-3H3. The number of aliphatic hydroxyl groups is 1. The van der Waals surface area contributed by atoms with Gasteiger partial charge >= 0.3 is 0 Å². The highest BCUT2D eigenvalue weighted by molar-refractivity contribution is 5.37. The molecule has 0 atom stereocenters. The maximum Gasteiger partial charge on any atom is 0.0558 e. The molecule has 0 unspecified atom stereocenters. The molecule has 2 aromatic carbocycles. The third-order valence-electron chi connectivity index (χ3n) is 3.89. The van der Waals surface area contributed by atoms with Gasteiger partial charge in [-0.3, -0.25) is 4.90 Å². The highest BCUT2D eigenvalue weighted by Crippen LogP contribution is 2.19. The number of aliphatic hydroxyl groups excluding tert-OH is 1. The van der Waals surface area contributed by atoms with E-state index in [1.165, 1.54) is 27.8 Å². The van der Waals surface area contributed by atoms with Gasteiger partial charge in [0.15, 0.2) is 0 Å². The van der Waals surface area contributed by atoms with Crippen molar-refractivity contribution in [1.82, 2.24) is 4.90 Å². The highest BCUT2D eigenvalue weighted by atomic mass is 16.3. The second kappa shape index (κ2) is 7.39. The molecule has 0 amide bonds. The van der Waals surface area contributed by atoms with E-state index in [1.54, 1.807) is 0 Å². The summed E-state index contributed by atoms with van der Waals surface area (Å²) in [5.41, 5.74) is 6.65. The Bertz CT molecular complexity index is 554. The summed E-state index contributed by atoms with van der Waals surface area (Å²) in [6, 6.07) is 14.9. The van der Waals surface area contributed by atoms with Crippen molar-refractivity contribution in [1.29, 1.82) is 0 Å². The van der Waals surface area contributed by atoms with Gasteiger partial charge in [-0.15, -0.1) is 0 Å². The number of hydrogen-bond acceptors (Lipinski definition) is 2. The smallest absolute Gasteiger partial charge is 0.0558 e. The van der Waals surface area contributed by atoms with Gasteiger partial charge in [0.05, 0.1) is 6.61 Å². The topological polar surface area (TPSA) is 23.5 Å². The molecule has 0 aliphatic heterocycles. The molecule has 0 fully saturated rings. The summed E-state index contributed by atoms with van der Waals surface area (Å²) in [5.74, 6) is 0. The summed E-state index contributed by atoms with van der Waals surface area (Å²) in [5, 5.41) is 9.33. The van der Waals surface area contributed by atoms with Crippen molar-refractivity contribution in [2.24, 2.45) is 0 Å². The Morgan fingerprint density at radius 1 is 0.905 bits per heavy atom.